The number of nitrogens with zero attached hydrogens (tertiary/aromatic N) is 6. The van der Waals surface area contributed by atoms with Gasteiger partial charge in [-0.1, -0.05) is 18.2 Å². The molecule has 2 unspecified atom stereocenters. The smallest absolute Gasteiger partial charge is 0.160 e. The Kier molecular flexibility index (Phi) is 5.93. The molecule has 2 aliphatic rings. The maximum Gasteiger partial charge on any atom is 0.160 e. The molecule has 182 valence electrons. The van der Waals surface area contributed by atoms with Crippen molar-refractivity contribution in [2.75, 3.05) is 19.6 Å². The normalized spacial score (nSPS) is 22.0. The van der Waals surface area contributed by atoms with Gasteiger partial charge in [-0.05, 0) is 68.8 Å². The fourth-order valence-electron chi connectivity index (χ4n) is 5.14. The molecule has 0 amide bonds. The van der Waals surface area contributed by atoms with Gasteiger partial charge in [-0.25, -0.2) is 14.4 Å². The Morgan fingerprint density at radius 2 is 1.89 bits per heavy atom. The van der Waals surface area contributed by atoms with E-state index in [2.05, 4.69) is 32.2 Å². The van der Waals surface area contributed by atoms with E-state index in [1.807, 2.05) is 60.5 Å². The predicted molar refractivity (Wildman–Crippen MR) is 140 cm³/mol. The lowest BCUT2D eigenvalue weighted by Crippen LogP contribution is -2.32. The van der Waals surface area contributed by atoms with Crippen LogP contribution in [0.3, 0.4) is 0 Å². The van der Waals surface area contributed by atoms with Gasteiger partial charge in [-0.3, -0.25) is 9.67 Å². The molecule has 0 radical (unpaired) electrons. The number of rotatable bonds is 6. The fourth-order valence-corrected chi connectivity index (χ4v) is 5.14. The van der Waals surface area contributed by atoms with E-state index in [1.54, 1.807) is 18.3 Å². The zero-order chi connectivity index (χ0) is 24.5. The molecule has 2 atom stereocenters. The Morgan fingerprint density at radius 1 is 1.03 bits per heavy atom. The molecule has 0 aromatic carbocycles. The van der Waals surface area contributed by atoms with Crippen molar-refractivity contribution in [3.05, 3.63) is 85.2 Å². The van der Waals surface area contributed by atoms with Gasteiger partial charge in [-0.2, -0.15) is 5.10 Å². The molecule has 4 aromatic heterocycles. The lowest BCUT2D eigenvalue weighted by Gasteiger charge is -2.30. The van der Waals surface area contributed by atoms with Crippen LogP contribution in [0.4, 0.5) is 4.39 Å². The van der Waals surface area contributed by atoms with Crippen molar-refractivity contribution in [3.8, 4) is 22.3 Å². The second kappa shape index (κ2) is 9.39. The standard InChI is InChI=1S/C29H29FN6/c1-29(9-3-2-8-26(29)30)27-16-25(24-7-6-10-32-28(24)34-27)22-15-21(17-31-18-22)23-19-33-36(20-23)14-13-35-11-4-5-12-35/h2-3,6-10,15-20,26H,4-5,11-14H2,1H3. The van der Waals surface area contributed by atoms with Crippen LogP contribution in [0, 0.1) is 0 Å². The molecule has 6 rings (SSSR count). The lowest BCUT2D eigenvalue weighted by atomic mass is 9.78. The SMILES string of the molecule is CC1(c2cc(-c3cncc(-c4cnn(CCN5CCCC5)c4)c3)c3cccnc3n2)C=CC=CC1F. The van der Waals surface area contributed by atoms with E-state index in [4.69, 9.17) is 4.98 Å². The number of likely N-dealkylation sites (tertiary alicyclic amines) is 1. The van der Waals surface area contributed by atoms with Crippen molar-refractivity contribution in [2.24, 2.45) is 0 Å². The highest BCUT2D eigenvalue weighted by molar-refractivity contribution is 5.93. The van der Waals surface area contributed by atoms with Crippen LogP contribution in [0.1, 0.15) is 25.5 Å². The molecule has 7 heteroatoms. The number of hydrogen-bond donors (Lipinski definition) is 0. The molecule has 0 bridgehead atoms. The van der Waals surface area contributed by atoms with Gasteiger partial charge in [0.2, 0.25) is 0 Å². The number of allylic oxidation sites excluding steroid dienone is 4. The zero-order valence-electron chi connectivity index (χ0n) is 20.4. The molecule has 36 heavy (non-hydrogen) atoms. The first kappa shape index (κ1) is 22.7. The van der Waals surface area contributed by atoms with Crippen molar-refractivity contribution in [1.29, 1.82) is 0 Å². The van der Waals surface area contributed by atoms with E-state index in [-0.39, 0.29) is 0 Å². The first-order valence-electron chi connectivity index (χ1n) is 12.6. The van der Waals surface area contributed by atoms with Gasteiger partial charge in [0.25, 0.3) is 0 Å². The summed E-state index contributed by atoms with van der Waals surface area (Å²) in [4.78, 5) is 16.3. The summed E-state index contributed by atoms with van der Waals surface area (Å²) in [6.07, 6.45) is 17.9. The van der Waals surface area contributed by atoms with Crippen LogP contribution < -0.4 is 0 Å². The number of aromatic nitrogens is 5. The third-order valence-electron chi connectivity index (χ3n) is 7.40. The summed E-state index contributed by atoms with van der Waals surface area (Å²) in [7, 11) is 0. The Balaban J connectivity index is 1.36. The van der Waals surface area contributed by atoms with Crippen LogP contribution in [-0.2, 0) is 12.0 Å². The van der Waals surface area contributed by atoms with Crippen molar-refractivity contribution >= 4 is 11.0 Å². The lowest BCUT2D eigenvalue weighted by molar-refractivity contribution is 0.288. The maximum atomic E-state index is 15.1. The average Bonchev–Trinajstić information content (AvgIpc) is 3.61. The summed E-state index contributed by atoms with van der Waals surface area (Å²) in [5.41, 5.74) is 4.28. The van der Waals surface area contributed by atoms with Crippen molar-refractivity contribution in [2.45, 2.75) is 37.9 Å². The molecular formula is C29H29FN6. The van der Waals surface area contributed by atoms with Gasteiger partial charge in [0, 0.05) is 53.4 Å². The molecule has 4 aromatic rings. The van der Waals surface area contributed by atoms with Gasteiger partial charge >= 0.3 is 0 Å². The minimum atomic E-state index is -1.17. The number of halogens is 1. The minimum absolute atomic E-state index is 0.599. The van der Waals surface area contributed by atoms with Gasteiger partial charge in [0.05, 0.1) is 23.9 Å². The first-order chi connectivity index (χ1) is 17.6. The summed E-state index contributed by atoms with van der Waals surface area (Å²) in [6.45, 7) is 6.15. The molecule has 1 aliphatic heterocycles. The molecular weight excluding hydrogens is 451 g/mol. The van der Waals surface area contributed by atoms with E-state index in [1.165, 1.54) is 25.9 Å². The van der Waals surface area contributed by atoms with Crippen LogP contribution in [0.15, 0.2) is 79.6 Å². The fraction of sp³-hybridized carbons (Fsp3) is 0.310. The van der Waals surface area contributed by atoms with Crippen LogP contribution in [0.5, 0.6) is 0 Å². The van der Waals surface area contributed by atoms with E-state index in [9.17, 15) is 0 Å². The second-order valence-electron chi connectivity index (χ2n) is 9.86. The van der Waals surface area contributed by atoms with E-state index in [0.29, 0.717) is 11.3 Å². The highest BCUT2D eigenvalue weighted by Crippen LogP contribution is 2.38. The third kappa shape index (κ3) is 4.24. The van der Waals surface area contributed by atoms with Crippen LogP contribution in [-0.4, -0.2) is 55.4 Å². The van der Waals surface area contributed by atoms with Crippen molar-refractivity contribution in [1.82, 2.24) is 29.6 Å². The minimum Gasteiger partial charge on any atom is -0.301 e. The second-order valence-corrected chi connectivity index (χ2v) is 9.86. The summed E-state index contributed by atoms with van der Waals surface area (Å²) in [6, 6.07) is 8.01. The Hall–Kier alpha value is -3.71. The maximum absolute atomic E-state index is 15.1. The summed E-state index contributed by atoms with van der Waals surface area (Å²) < 4.78 is 17.1. The Labute approximate surface area is 210 Å². The van der Waals surface area contributed by atoms with E-state index >= 15 is 4.39 Å². The molecule has 1 aliphatic carbocycles. The van der Waals surface area contributed by atoms with E-state index in [0.717, 1.165) is 40.7 Å². The van der Waals surface area contributed by atoms with Crippen LogP contribution >= 0.6 is 0 Å². The summed E-state index contributed by atoms with van der Waals surface area (Å²) in [5, 5.41) is 5.50. The number of hydrogen-bond acceptors (Lipinski definition) is 5. The number of pyridine rings is 3. The van der Waals surface area contributed by atoms with Crippen LogP contribution in [0.25, 0.3) is 33.3 Å². The summed E-state index contributed by atoms with van der Waals surface area (Å²) in [5.74, 6) is 0. The van der Waals surface area contributed by atoms with Gasteiger partial charge in [-0.15, -0.1) is 0 Å². The Bertz CT molecular complexity index is 1450. The topological polar surface area (TPSA) is 59.7 Å². The molecule has 0 saturated carbocycles. The van der Waals surface area contributed by atoms with E-state index < -0.39 is 11.6 Å². The molecule has 0 N–H and O–H groups in total. The molecule has 1 saturated heterocycles. The van der Waals surface area contributed by atoms with Crippen LogP contribution in [0.2, 0.25) is 0 Å². The predicted octanol–water partition coefficient (Wildman–Crippen LogP) is 5.37. The number of alkyl halides is 1. The zero-order valence-corrected chi connectivity index (χ0v) is 20.4. The third-order valence-corrected chi connectivity index (χ3v) is 7.40. The van der Waals surface area contributed by atoms with Gasteiger partial charge < -0.3 is 4.90 Å². The van der Waals surface area contributed by atoms with Crippen molar-refractivity contribution in [3.63, 3.8) is 0 Å². The van der Waals surface area contributed by atoms with Gasteiger partial charge in [0.1, 0.15) is 6.17 Å². The number of fused-ring (bicyclic) bond motifs is 1. The Morgan fingerprint density at radius 3 is 2.75 bits per heavy atom. The van der Waals surface area contributed by atoms with Crippen molar-refractivity contribution < 1.29 is 4.39 Å². The molecule has 5 heterocycles. The summed E-state index contributed by atoms with van der Waals surface area (Å²) >= 11 is 0. The van der Waals surface area contributed by atoms with Gasteiger partial charge in [0.15, 0.2) is 5.65 Å². The molecule has 6 nitrogen and oxygen atoms in total. The first-order valence-corrected chi connectivity index (χ1v) is 12.6. The monoisotopic (exact) mass is 480 g/mol. The quantitative estimate of drug-likeness (QED) is 0.371. The highest BCUT2D eigenvalue weighted by atomic mass is 19.1. The average molecular weight is 481 g/mol. The highest BCUT2D eigenvalue weighted by Gasteiger charge is 2.36. The molecule has 1 fully saturated rings. The largest absolute Gasteiger partial charge is 0.301 e. The molecule has 0 spiro atoms.